The number of nitrogens with zero attached hydrogens (tertiary/aromatic N) is 2. The molecule has 0 atom stereocenters. The highest BCUT2D eigenvalue weighted by Crippen LogP contribution is 2.35. The molecule has 0 bridgehead atoms. The molecule has 11 heteroatoms. The highest BCUT2D eigenvalue weighted by molar-refractivity contribution is 7.86. The first-order valence-corrected chi connectivity index (χ1v) is 18.7. The minimum atomic E-state index is -4.29. The fraction of sp³-hybridized carbons (Fsp3) is 0.189. The zero-order valence-corrected chi connectivity index (χ0v) is 29.0. The van der Waals surface area contributed by atoms with Crippen molar-refractivity contribution in [1.29, 1.82) is 0 Å². The van der Waals surface area contributed by atoms with Gasteiger partial charge < -0.3 is 9.80 Å². The summed E-state index contributed by atoms with van der Waals surface area (Å²) in [4.78, 5) is 3.99. The van der Waals surface area contributed by atoms with Crippen molar-refractivity contribution in [3.8, 4) is 0 Å². The summed E-state index contributed by atoms with van der Waals surface area (Å²) >= 11 is 6.45. The fourth-order valence-electron chi connectivity index (χ4n) is 5.84. The SMILES string of the molecule is CCN(Cc1cccc(S(=O)(=O)O)c1)c1ccc(C(c2ccc(N(CC)Cc3cccc(S(=O)(=O)O)c3)cc2)c2cccc(Cl)c2)cc1. The van der Waals surface area contributed by atoms with Crippen LogP contribution in [0.15, 0.2) is 131 Å². The Morgan fingerprint density at radius 3 is 1.35 bits per heavy atom. The zero-order chi connectivity index (χ0) is 34.5. The molecule has 0 heterocycles. The molecule has 0 aliphatic rings. The number of hydrogen-bond acceptors (Lipinski definition) is 6. The molecule has 5 aromatic rings. The molecule has 2 N–H and O–H groups in total. The van der Waals surface area contributed by atoms with Crippen LogP contribution in [0.4, 0.5) is 11.4 Å². The second-order valence-corrected chi connectivity index (χ2v) is 14.7. The normalized spacial score (nSPS) is 11.9. The molecule has 5 aromatic carbocycles. The number of rotatable bonds is 13. The number of anilines is 2. The van der Waals surface area contributed by atoms with Gasteiger partial charge in [-0.15, -0.1) is 0 Å². The predicted molar refractivity (Wildman–Crippen MR) is 191 cm³/mol. The van der Waals surface area contributed by atoms with E-state index in [0.717, 1.165) is 39.2 Å². The molecule has 0 aliphatic carbocycles. The summed E-state index contributed by atoms with van der Waals surface area (Å²) in [6.07, 6.45) is 0. The molecule has 0 fully saturated rings. The molecule has 0 aliphatic heterocycles. The van der Waals surface area contributed by atoms with Crippen molar-refractivity contribution in [1.82, 2.24) is 0 Å². The molecule has 48 heavy (non-hydrogen) atoms. The number of benzene rings is 5. The van der Waals surface area contributed by atoms with E-state index in [1.54, 1.807) is 12.1 Å². The Morgan fingerprint density at radius 2 is 0.979 bits per heavy atom. The lowest BCUT2D eigenvalue weighted by molar-refractivity contribution is 0.481. The van der Waals surface area contributed by atoms with Crippen LogP contribution in [0.3, 0.4) is 0 Å². The molecule has 0 spiro atoms. The Morgan fingerprint density at radius 1 is 0.562 bits per heavy atom. The second-order valence-electron chi connectivity index (χ2n) is 11.4. The first kappa shape index (κ1) is 35.1. The van der Waals surface area contributed by atoms with E-state index in [2.05, 4.69) is 64.4 Å². The summed E-state index contributed by atoms with van der Waals surface area (Å²) in [6, 6.07) is 37.0. The maximum Gasteiger partial charge on any atom is 0.294 e. The maximum atomic E-state index is 11.7. The third-order valence-corrected chi connectivity index (χ3v) is 10.2. The van der Waals surface area contributed by atoms with E-state index in [9.17, 15) is 25.9 Å². The van der Waals surface area contributed by atoms with Gasteiger partial charge in [-0.1, -0.05) is 72.3 Å². The largest absolute Gasteiger partial charge is 0.367 e. The van der Waals surface area contributed by atoms with Crippen molar-refractivity contribution in [2.75, 3.05) is 22.9 Å². The van der Waals surface area contributed by atoms with Crippen LogP contribution < -0.4 is 9.80 Å². The summed E-state index contributed by atoms with van der Waals surface area (Å²) in [6.45, 7) is 6.35. The van der Waals surface area contributed by atoms with Gasteiger partial charge in [-0.2, -0.15) is 16.8 Å². The summed E-state index contributed by atoms with van der Waals surface area (Å²) in [5.74, 6) is -0.116. The predicted octanol–water partition coefficient (Wildman–Crippen LogP) is 8.07. The van der Waals surface area contributed by atoms with Gasteiger partial charge in [0, 0.05) is 48.5 Å². The Kier molecular flexibility index (Phi) is 10.9. The molecular formula is C37H37ClN2O6S2. The topological polar surface area (TPSA) is 115 Å². The summed E-state index contributed by atoms with van der Waals surface area (Å²) in [5.41, 5.74) is 6.62. The van der Waals surface area contributed by atoms with Crippen molar-refractivity contribution >= 4 is 43.2 Å². The van der Waals surface area contributed by atoms with Gasteiger partial charge in [-0.3, -0.25) is 9.11 Å². The van der Waals surface area contributed by atoms with Crippen LogP contribution in [0, 0.1) is 0 Å². The third kappa shape index (κ3) is 8.63. The van der Waals surface area contributed by atoms with Crippen LogP contribution in [0.2, 0.25) is 5.02 Å². The van der Waals surface area contributed by atoms with Crippen LogP contribution in [-0.2, 0) is 33.3 Å². The van der Waals surface area contributed by atoms with Gasteiger partial charge in [0.2, 0.25) is 0 Å². The van der Waals surface area contributed by atoms with Gasteiger partial charge in [0.05, 0.1) is 9.79 Å². The fourth-order valence-corrected chi connectivity index (χ4v) is 7.14. The molecule has 8 nitrogen and oxygen atoms in total. The van der Waals surface area contributed by atoms with Crippen LogP contribution in [0.25, 0.3) is 0 Å². The van der Waals surface area contributed by atoms with E-state index in [4.69, 9.17) is 11.6 Å². The molecular weight excluding hydrogens is 668 g/mol. The minimum absolute atomic E-state index is 0.116. The van der Waals surface area contributed by atoms with Gasteiger partial charge >= 0.3 is 0 Å². The van der Waals surface area contributed by atoms with Crippen LogP contribution in [0.5, 0.6) is 0 Å². The average molecular weight is 705 g/mol. The van der Waals surface area contributed by atoms with E-state index in [1.807, 2.05) is 44.2 Å². The van der Waals surface area contributed by atoms with Crippen molar-refractivity contribution in [2.24, 2.45) is 0 Å². The number of hydrogen-bond donors (Lipinski definition) is 2. The van der Waals surface area contributed by atoms with Gasteiger partial charge in [0.25, 0.3) is 20.2 Å². The Balaban J connectivity index is 1.42. The Hall–Kier alpha value is -4.19. The maximum absolute atomic E-state index is 11.7. The molecule has 0 saturated heterocycles. The molecule has 0 aromatic heterocycles. The summed E-state index contributed by atoms with van der Waals surface area (Å²) < 4.78 is 65.6. The summed E-state index contributed by atoms with van der Waals surface area (Å²) in [5, 5.41) is 0.638. The highest BCUT2D eigenvalue weighted by Gasteiger charge is 2.19. The lowest BCUT2D eigenvalue weighted by Crippen LogP contribution is -2.22. The molecule has 0 saturated carbocycles. The van der Waals surface area contributed by atoms with Gasteiger partial charge in [-0.05, 0) is 102 Å². The van der Waals surface area contributed by atoms with E-state index in [-0.39, 0.29) is 15.7 Å². The molecule has 0 radical (unpaired) electrons. The minimum Gasteiger partial charge on any atom is -0.367 e. The smallest absolute Gasteiger partial charge is 0.294 e. The van der Waals surface area contributed by atoms with Crippen LogP contribution in [0.1, 0.15) is 47.6 Å². The first-order chi connectivity index (χ1) is 22.9. The van der Waals surface area contributed by atoms with Crippen molar-refractivity contribution in [2.45, 2.75) is 42.6 Å². The van der Waals surface area contributed by atoms with Crippen molar-refractivity contribution < 1.29 is 25.9 Å². The van der Waals surface area contributed by atoms with Crippen molar-refractivity contribution in [3.63, 3.8) is 0 Å². The van der Waals surface area contributed by atoms with Gasteiger partial charge in [-0.25, -0.2) is 0 Å². The van der Waals surface area contributed by atoms with E-state index < -0.39 is 20.2 Å². The third-order valence-electron chi connectivity index (χ3n) is 8.27. The highest BCUT2D eigenvalue weighted by atomic mass is 35.5. The Bertz CT molecular complexity index is 1960. The van der Waals surface area contributed by atoms with E-state index in [1.165, 1.54) is 24.3 Å². The number of halogens is 1. The molecule has 250 valence electrons. The standard InChI is InChI=1S/C37H37ClN2O6S2/c1-3-39(25-27-8-5-12-35(22-27)47(41,42)43)33-18-14-29(15-19-33)37(31-10-7-11-32(38)24-31)30-16-20-34(21-17-30)40(4-2)26-28-9-6-13-36(23-28)48(44,45)46/h5-24,37H,3-4,25-26H2,1-2H3,(H,41,42,43)(H,44,45,46). The lowest BCUT2D eigenvalue weighted by Gasteiger charge is -2.26. The Labute approximate surface area is 287 Å². The van der Waals surface area contributed by atoms with E-state index >= 15 is 0 Å². The first-order valence-electron chi connectivity index (χ1n) is 15.4. The molecule has 0 unspecified atom stereocenters. The summed E-state index contributed by atoms with van der Waals surface area (Å²) in [7, 11) is -8.59. The zero-order valence-electron chi connectivity index (χ0n) is 26.6. The monoisotopic (exact) mass is 704 g/mol. The lowest BCUT2D eigenvalue weighted by atomic mass is 9.85. The van der Waals surface area contributed by atoms with E-state index in [0.29, 0.717) is 31.2 Å². The second kappa shape index (κ2) is 14.9. The molecule has 0 amide bonds. The van der Waals surface area contributed by atoms with Gasteiger partial charge in [0.1, 0.15) is 0 Å². The van der Waals surface area contributed by atoms with Crippen LogP contribution in [-0.4, -0.2) is 39.0 Å². The van der Waals surface area contributed by atoms with Crippen LogP contribution >= 0.6 is 11.6 Å². The quantitative estimate of drug-likeness (QED) is 0.0934. The van der Waals surface area contributed by atoms with Crippen molar-refractivity contribution in [3.05, 3.63) is 154 Å². The molecule has 5 rings (SSSR count). The average Bonchev–Trinajstić information content (AvgIpc) is 3.06. The van der Waals surface area contributed by atoms with Gasteiger partial charge in [0.15, 0.2) is 0 Å².